The summed E-state index contributed by atoms with van der Waals surface area (Å²) in [7, 11) is 0. The van der Waals surface area contributed by atoms with Crippen LogP contribution in [0.3, 0.4) is 0 Å². The number of aliphatic hydroxyl groups is 1. The molecule has 0 aromatic carbocycles. The van der Waals surface area contributed by atoms with Crippen molar-refractivity contribution in [2.45, 2.75) is 71.5 Å². The minimum absolute atomic E-state index is 0.00887. The van der Waals surface area contributed by atoms with Crippen molar-refractivity contribution in [2.75, 3.05) is 20.0 Å². The molecule has 0 aromatic heterocycles. The van der Waals surface area contributed by atoms with E-state index in [9.17, 15) is 9.90 Å². The van der Waals surface area contributed by atoms with Gasteiger partial charge in [-0.25, -0.2) is 4.79 Å². The molecule has 0 aromatic rings. The van der Waals surface area contributed by atoms with Gasteiger partial charge in [0.05, 0.1) is 18.3 Å². The maximum atomic E-state index is 11.9. The van der Waals surface area contributed by atoms with Crippen molar-refractivity contribution in [2.24, 2.45) is 16.7 Å². The second kappa shape index (κ2) is 8.06. The molecule has 3 rings (SSSR count). The Kier molecular flexibility index (Phi) is 6.14. The van der Waals surface area contributed by atoms with E-state index in [0.29, 0.717) is 18.8 Å². The van der Waals surface area contributed by atoms with Crippen LogP contribution < -0.4 is 0 Å². The second-order valence-corrected chi connectivity index (χ2v) is 9.12. The predicted molar refractivity (Wildman–Crippen MR) is 103 cm³/mol. The van der Waals surface area contributed by atoms with Crippen molar-refractivity contribution < 1.29 is 24.1 Å². The van der Waals surface area contributed by atoms with Crippen LogP contribution in [0.5, 0.6) is 0 Å². The molecule has 5 atom stereocenters. The SMILES string of the molecule is C=C(CCC)[C@@H](C/C=C1/C(=O)OC[C@H]1O)[C@]1(C)CC[C@H]2OCOC[C@@]2(C)C1. The van der Waals surface area contributed by atoms with Crippen LogP contribution in [0, 0.1) is 16.7 Å². The normalized spacial score (nSPS) is 39.1. The van der Waals surface area contributed by atoms with Crippen LogP contribution in [0.4, 0.5) is 0 Å². The van der Waals surface area contributed by atoms with Crippen LogP contribution in [-0.4, -0.2) is 43.3 Å². The zero-order valence-corrected chi connectivity index (χ0v) is 17.0. The summed E-state index contributed by atoms with van der Waals surface area (Å²) in [4.78, 5) is 11.9. The number of hydrogen-bond donors (Lipinski definition) is 1. The van der Waals surface area contributed by atoms with E-state index in [2.05, 4.69) is 27.4 Å². The van der Waals surface area contributed by atoms with Gasteiger partial charge in [0.1, 0.15) is 19.5 Å². The molecule has 27 heavy (non-hydrogen) atoms. The number of rotatable bonds is 6. The lowest BCUT2D eigenvalue weighted by molar-refractivity contribution is -0.232. The fourth-order valence-corrected chi connectivity index (χ4v) is 5.43. The van der Waals surface area contributed by atoms with E-state index in [0.717, 1.165) is 38.7 Å². The molecule has 0 radical (unpaired) electrons. The number of carbonyl (C=O) groups is 1. The summed E-state index contributed by atoms with van der Waals surface area (Å²) in [5.41, 5.74) is 1.70. The number of fused-ring (bicyclic) bond motifs is 1. The van der Waals surface area contributed by atoms with Crippen LogP contribution >= 0.6 is 0 Å². The molecule has 5 heteroatoms. The van der Waals surface area contributed by atoms with Crippen LogP contribution in [0.15, 0.2) is 23.8 Å². The van der Waals surface area contributed by atoms with Crippen molar-refractivity contribution in [3.63, 3.8) is 0 Å². The number of allylic oxidation sites excluding steroid dienone is 2. The van der Waals surface area contributed by atoms with Gasteiger partial charge in [-0.15, -0.1) is 0 Å². The highest BCUT2D eigenvalue weighted by Gasteiger charge is 2.50. The van der Waals surface area contributed by atoms with Gasteiger partial charge in [0.15, 0.2) is 0 Å². The average molecular weight is 379 g/mol. The molecule has 152 valence electrons. The number of hydrogen-bond acceptors (Lipinski definition) is 5. The lowest BCUT2D eigenvalue weighted by atomic mass is 9.55. The third-order valence-corrected chi connectivity index (χ3v) is 6.79. The van der Waals surface area contributed by atoms with Crippen LogP contribution in [0.25, 0.3) is 0 Å². The summed E-state index contributed by atoms with van der Waals surface area (Å²) in [6.45, 7) is 12.4. The highest BCUT2D eigenvalue weighted by atomic mass is 16.7. The molecule has 1 saturated carbocycles. The highest BCUT2D eigenvalue weighted by molar-refractivity contribution is 5.91. The van der Waals surface area contributed by atoms with Gasteiger partial charge >= 0.3 is 5.97 Å². The molecule has 5 nitrogen and oxygen atoms in total. The van der Waals surface area contributed by atoms with E-state index < -0.39 is 12.1 Å². The Morgan fingerprint density at radius 1 is 1.44 bits per heavy atom. The summed E-state index contributed by atoms with van der Waals surface area (Å²) >= 11 is 0. The van der Waals surface area contributed by atoms with E-state index >= 15 is 0 Å². The standard InChI is InChI=1S/C22H34O5/c1-5-6-15(2)17(8-7-16-18(23)11-26-20(16)24)21(3)10-9-19-22(4,12-21)13-25-14-27-19/h7,17-19,23H,2,5-6,8-14H2,1,3-4H3/b16-7+/t17-,18-,19-,21-,22-/m1/s1. The lowest BCUT2D eigenvalue weighted by Crippen LogP contribution is -2.52. The molecule has 3 fully saturated rings. The quantitative estimate of drug-likeness (QED) is 0.433. The largest absolute Gasteiger partial charge is 0.459 e. The Labute approximate surface area is 162 Å². The van der Waals surface area contributed by atoms with Crippen molar-refractivity contribution >= 4 is 5.97 Å². The lowest BCUT2D eigenvalue weighted by Gasteiger charge is -2.54. The number of carbonyl (C=O) groups excluding carboxylic acids is 1. The van der Waals surface area contributed by atoms with Crippen LogP contribution in [-0.2, 0) is 19.0 Å². The van der Waals surface area contributed by atoms with Gasteiger partial charge in [0.25, 0.3) is 0 Å². The third-order valence-electron chi connectivity index (χ3n) is 6.79. The van der Waals surface area contributed by atoms with Gasteiger partial charge in [0.2, 0.25) is 0 Å². The third kappa shape index (κ3) is 4.15. The molecule has 1 aliphatic carbocycles. The maximum Gasteiger partial charge on any atom is 0.336 e. The van der Waals surface area contributed by atoms with Crippen molar-refractivity contribution in [1.29, 1.82) is 0 Å². The van der Waals surface area contributed by atoms with Crippen LogP contribution in [0.2, 0.25) is 0 Å². The fourth-order valence-electron chi connectivity index (χ4n) is 5.43. The number of ether oxygens (including phenoxy) is 3. The van der Waals surface area contributed by atoms with Gasteiger partial charge < -0.3 is 19.3 Å². The Hall–Kier alpha value is -1.17. The molecule has 2 heterocycles. The molecule has 0 spiro atoms. The van der Waals surface area contributed by atoms with E-state index in [-0.39, 0.29) is 29.5 Å². The summed E-state index contributed by atoms with van der Waals surface area (Å²) in [5, 5.41) is 10.0. The van der Waals surface area contributed by atoms with Crippen molar-refractivity contribution in [3.8, 4) is 0 Å². The minimum Gasteiger partial charge on any atom is -0.459 e. The summed E-state index contributed by atoms with van der Waals surface area (Å²) in [6, 6.07) is 0. The number of aliphatic hydroxyl groups excluding tert-OH is 1. The second-order valence-electron chi connectivity index (χ2n) is 9.12. The highest BCUT2D eigenvalue weighted by Crippen LogP contribution is 2.55. The first-order valence-electron chi connectivity index (χ1n) is 10.2. The first-order chi connectivity index (χ1) is 12.8. The van der Waals surface area contributed by atoms with Crippen molar-refractivity contribution in [1.82, 2.24) is 0 Å². The van der Waals surface area contributed by atoms with Gasteiger partial charge in [-0.05, 0) is 43.4 Å². The van der Waals surface area contributed by atoms with Gasteiger partial charge in [-0.2, -0.15) is 0 Å². The summed E-state index contributed by atoms with van der Waals surface area (Å²) in [6.07, 6.45) is 7.17. The van der Waals surface area contributed by atoms with Gasteiger partial charge in [0, 0.05) is 5.41 Å². The van der Waals surface area contributed by atoms with E-state index in [1.54, 1.807) is 0 Å². The molecule has 0 bridgehead atoms. The van der Waals surface area contributed by atoms with E-state index in [1.807, 2.05) is 6.08 Å². The number of esters is 1. The first-order valence-corrected chi connectivity index (χ1v) is 10.2. The Balaban J connectivity index is 1.82. The zero-order chi connectivity index (χ0) is 19.7. The monoisotopic (exact) mass is 378 g/mol. The maximum absolute atomic E-state index is 11.9. The van der Waals surface area contributed by atoms with Gasteiger partial charge in [-0.1, -0.05) is 45.4 Å². The topological polar surface area (TPSA) is 65.0 Å². The Morgan fingerprint density at radius 2 is 2.22 bits per heavy atom. The molecule has 3 aliphatic rings. The first kappa shape index (κ1) is 20.6. The summed E-state index contributed by atoms with van der Waals surface area (Å²) < 4.78 is 16.5. The predicted octanol–water partition coefficient (Wildman–Crippen LogP) is 3.76. The van der Waals surface area contributed by atoms with E-state index in [1.165, 1.54) is 5.57 Å². The van der Waals surface area contributed by atoms with Gasteiger partial charge in [-0.3, -0.25) is 0 Å². The number of cyclic esters (lactones) is 1. The molecule has 0 amide bonds. The fraction of sp³-hybridized carbons (Fsp3) is 0.773. The average Bonchev–Trinajstić information content (AvgIpc) is 2.93. The smallest absolute Gasteiger partial charge is 0.336 e. The molecule has 1 N–H and O–H groups in total. The Bertz CT molecular complexity index is 612. The van der Waals surface area contributed by atoms with Crippen LogP contribution in [0.1, 0.15) is 59.3 Å². The zero-order valence-electron chi connectivity index (χ0n) is 17.0. The minimum atomic E-state index is -0.807. The molecule has 2 aliphatic heterocycles. The molecular formula is C22H34O5. The molecule has 2 saturated heterocycles. The Morgan fingerprint density at radius 3 is 2.89 bits per heavy atom. The molecule has 0 unspecified atom stereocenters. The van der Waals surface area contributed by atoms with E-state index in [4.69, 9.17) is 14.2 Å². The van der Waals surface area contributed by atoms with Crippen molar-refractivity contribution in [3.05, 3.63) is 23.8 Å². The molecular weight excluding hydrogens is 344 g/mol. The summed E-state index contributed by atoms with van der Waals surface area (Å²) in [5.74, 6) is -0.137.